The van der Waals surface area contributed by atoms with Crippen LogP contribution >= 0.6 is 0 Å². The molecule has 0 rings (SSSR count). The largest absolute Gasteiger partial charge is 0.379 e. The second kappa shape index (κ2) is 5.72. The lowest BCUT2D eigenvalue weighted by Gasteiger charge is -2.30. The third kappa shape index (κ3) is 6.39. The lowest BCUT2D eigenvalue weighted by atomic mass is 9.84. The van der Waals surface area contributed by atoms with Gasteiger partial charge < -0.3 is 10.1 Å². The molecule has 0 heterocycles. The molecule has 86 valence electrons. The summed E-state index contributed by atoms with van der Waals surface area (Å²) in [6.07, 6.45) is 2.31. The predicted molar refractivity (Wildman–Crippen MR) is 62.6 cm³/mol. The lowest BCUT2D eigenvalue weighted by molar-refractivity contribution is 0.00594. The molecule has 0 amide bonds. The van der Waals surface area contributed by atoms with Gasteiger partial charge in [0, 0.05) is 13.7 Å². The van der Waals surface area contributed by atoms with Gasteiger partial charge in [0.1, 0.15) is 0 Å². The quantitative estimate of drug-likeness (QED) is 0.684. The Kier molecular flexibility index (Phi) is 5.68. The molecule has 0 spiro atoms. The van der Waals surface area contributed by atoms with Crippen LogP contribution in [0, 0.1) is 5.41 Å². The van der Waals surface area contributed by atoms with Gasteiger partial charge in [-0.15, -0.1) is 0 Å². The Morgan fingerprint density at radius 3 is 2.07 bits per heavy atom. The van der Waals surface area contributed by atoms with E-state index in [1.54, 1.807) is 7.11 Å². The van der Waals surface area contributed by atoms with E-state index in [0.29, 0.717) is 5.41 Å². The Morgan fingerprint density at radius 2 is 1.64 bits per heavy atom. The molecule has 0 aliphatic rings. The van der Waals surface area contributed by atoms with Gasteiger partial charge in [-0.25, -0.2) is 0 Å². The standard InChI is InChI=1S/C12H27NO/c1-7-13-10-11(2,3)8-9-12(4,5)14-6/h13H,7-10H2,1-6H3. The van der Waals surface area contributed by atoms with Crippen LogP contribution in [0.1, 0.15) is 47.5 Å². The third-order valence-electron chi connectivity index (χ3n) is 2.81. The van der Waals surface area contributed by atoms with Crippen LogP contribution in [0.4, 0.5) is 0 Å². The zero-order valence-corrected chi connectivity index (χ0v) is 10.7. The molecule has 0 aromatic rings. The van der Waals surface area contributed by atoms with Crippen molar-refractivity contribution in [3.8, 4) is 0 Å². The van der Waals surface area contributed by atoms with E-state index in [2.05, 4.69) is 39.9 Å². The Morgan fingerprint density at radius 1 is 1.07 bits per heavy atom. The van der Waals surface area contributed by atoms with Gasteiger partial charge >= 0.3 is 0 Å². The topological polar surface area (TPSA) is 21.3 Å². The van der Waals surface area contributed by atoms with Crippen molar-refractivity contribution >= 4 is 0 Å². The number of hydrogen-bond acceptors (Lipinski definition) is 2. The monoisotopic (exact) mass is 201 g/mol. The maximum absolute atomic E-state index is 5.42. The van der Waals surface area contributed by atoms with Crippen LogP contribution in [-0.2, 0) is 4.74 Å². The van der Waals surface area contributed by atoms with Crippen LogP contribution < -0.4 is 5.32 Å². The van der Waals surface area contributed by atoms with E-state index in [4.69, 9.17) is 4.74 Å². The molecule has 1 N–H and O–H groups in total. The van der Waals surface area contributed by atoms with Gasteiger partial charge in [0.15, 0.2) is 0 Å². The highest BCUT2D eigenvalue weighted by atomic mass is 16.5. The van der Waals surface area contributed by atoms with Crippen molar-refractivity contribution in [1.82, 2.24) is 5.32 Å². The molecule has 2 heteroatoms. The molecule has 0 unspecified atom stereocenters. The van der Waals surface area contributed by atoms with Crippen LogP contribution in [0.5, 0.6) is 0 Å². The maximum atomic E-state index is 5.42. The van der Waals surface area contributed by atoms with E-state index in [9.17, 15) is 0 Å². The molecular weight excluding hydrogens is 174 g/mol. The van der Waals surface area contributed by atoms with Gasteiger partial charge in [0.25, 0.3) is 0 Å². The fourth-order valence-corrected chi connectivity index (χ4v) is 1.29. The van der Waals surface area contributed by atoms with E-state index < -0.39 is 0 Å². The molecule has 0 aliphatic carbocycles. The normalized spacial score (nSPS) is 13.3. The molecule has 0 saturated heterocycles. The van der Waals surface area contributed by atoms with Crippen LogP contribution in [0.3, 0.4) is 0 Å². The summed E-state index contributed by atoms with van der Waals surface area (Å²) < 4.78 is 5.42. The first-order valence-electron chi connectivity index (χ1n) is 5.59. The van der Waals surface area contributed by atoms with Gasteiger partial charge in [0.05, 0.1) is 5.60 Å². The molecule has 0 atom stereocenters. The molecule has 2 nitrogen and oxygen atoms in total. The number of ether oxygens (including phenoxy) is 1. The van der Waals surface area contributed by atoms with Crippen molar-refractivity contribution in [2.45, 2.75) is 53.1 Å². The summed E-state index contributed by atoms with van der Waals surface area (Å²) in [5, 5.41) is 3.40. The first-order chi connectivity index (χ1) is 6.33. The number of methoxy groups -OCH3 is 1. The van der Waals surface area contributed by atoms with Gasteiger partial charge in [-0.2, -0.15) is 0 Å². The zero-order chi connectivity index (χ0) is 11.2. The summed E-state index contributed by atoms with van der Waals surface area (Å²) in [5.74, 6) is 0. The van der Waals surface area contributed by atoms with Crippen molar-refractivity contribution in [1.29, 1.82) is 0 Å². The van der Waals surface area contributed by atoms with E-state index in [1.807, 2.05) is 0 Å². The van der Waals surface area contributed by atoms with Gasteiger partial charge in [-0.3, -0.25) is 0 Å². The lowest BCUT2D eigenvalue weighted by Crippen LogP contribution is -2.32. The molecule has 0 aromatic carbocycles. The molecule has 14 heavy (non-hydrogen) atoms. The SMILES string of the molecule is CCNCC(C)(C)CCC(C)(C)OC. The van der Waals surface area contributed by atoms with Crippen LogP contribution in [-0.4, -0.2) is 25.8 Å². The summed E-state index contributed by atoms with van der Waals surface area (Å²) in [6.45, 7) is 13.2. The third-order valence-corrected chi connectivity index (χ3v) is 2.81. The van der Waals surface area contributed by atoms with Crippen molar-refractivity contribution in [3.63, 3.8) is 0 Å². The van der Waals surface area contributed by atoms with Gasteiger partial charge in [0.2, 0.25) is 0 Å². The Labute approximate surface area is 89.4 Å². The number of rotatable bonds is 7. The number of hydrogen-bond donors (Lipinski definition) is 1. The first-order valence-corrected chi connectivity index (χ1v) is 5.59. The number of nitrogens with one attached hydrogen (secondary N) is 1. The molecular formula is C12H27NO. The molecule has 0 bridgehead atoms. The minimum Gasteiger partial charge on any atom is -0.379 e. The minimum absolute atomic E-state index is 0.0173. The second-order valence-corrected chi connectivity index (χ2v) is 5.41. The van der Waals surface area contributed by atoms with Crippen molar-refractivity contribution in [2.24, 2.45) is 5.41 Å². The van der Waals surface area contributed by atoms with E-state index in [0.717, 1.165) is 19.5 Å². The summed E-state index contributed by atoms with van der Waals surface area (Å²) in [4.78, 5) is 0. The highest BCUT2D eigenvalue weighted by molar-refractivity contribution is 4.77. The molecule has 0 radical (unpaired) electrons. The van der Waals surface area contributed by atoms with Crippen LogP contribution in [0.15, 0.2) is 0 Å². The average Bonchev–Trinajstić information content (AvgIpc) is 2.12. The smallest absolute Gasteiger partial charge is 0.0623 e. The highest BCUT2D eigenvalue weighted by Gasteiger charge is 2.23. The van der Waals surface area contributed by atoms with E-state index >= 15 is 0 Å². The molecule has 0 fully saturated rings. The predicted octanol–water partition coefficient (Wildman–Crippen LogP) is 2.83. The maximum Gasteiger partial charge on any atom is 0.0623 e. The van der Waals surface area contributed by atoms with Crippen LogP contribution in [0.2, 0.25) is 0 Å². The summed E-state index contributed by atoms with van der Waals surface area (Å²) in [6, 6.07) is 0. The highest BCUT2D eigenvalue weighted by Crippen LogP contribution is 2.26. The Balaban J connectivity index is 3.85. The summed E-state index contributed by atoms with van der Waals surface area (Å²) >= 11 is 0. The summed E-state index contributed by atoms with van der Waals surface area (Å²) in [7, 11) is 1.79. The van der Waals surface area contributed by atoms with Crippen molar-refractivity contribution in [3.05, 3.63) is 0 Å². The second-order valence-electron chi connectivity index (χ2n) is 5.41. The van der Waals surface area contributed by atoms with E-state index in [1.165, 1.54) is 6.42 Å². The van der Waals surface area contributed by atoms with Crippen molar-refractivity contribution < 1.29 is 4.74 Å². The fourth-order valence-electron chi connectivity index (χ4n) is 1.29. The van der Waals surface area contributed by atoms with Crippen LogP contribution in [0.25, 0.3) is 0 Å². The van der Waals surface area contributed by atoms with E-state index in [-0.39, 0.29) is 5.60 Å². The first kappa shape index (κ1) is 13.9. The molecule has 0 saturated carbocycles. The van der Waals surface area contributed by atoms with Crippen molar-refractivity contribution in [2.75, 3.05) is 20.2 Å². The molecule has 0 aliphatic heterocycles. The van der Waals surface area contributed by atoms with Gasteiger partial charge in [-0.05, 0) is 38.6 Å². The molecule has 0 aromatic heterocycles. The fraction of sp³-hybridized carbons (Fsp3) is 1.00. The minimum atomic E-state index is 0.0173. The zero-order valence-electron chi connectivity index (χ0n) is 10.7. The Hall–Kier alpha value is -0.0800. The Bertz CT molecular complexity index is 152. The average molecular weight is 201 g/mol. The summed E-state index contributed by atoms with van der Waals surface area (Å²) in [5.41, 5.74) is 0.384. The van der Waals surface area contributed by atoms with Gasteiger partial charge in [-0.1, -0.05) is 20.8 Å².